The molecule has 2 atom stereocenters. The summed E-state index contributed by atoms with van der Waals surface area (Å²) >= 11 is 1.19. The minimum atomic E-state index is -0.680. The number of carbonyl (C=O) groups is 2. The summed E-state index contributed by atoms with van der Waals surface area (Å²) < 4.78 is 27.0. The zero-order valence-corrected chi connectivity index (χ0v) is 21.1. The van der Waals surface area contributed by atoms with E-state index in [2.05, 4.69) is 10.3 Å². The summed E-state index contributed by atoms with van der Waals surface area (Å²) in [5.41, 5.74) is 5.10. The molecule has 188 valence electrons. The number of carbonyl (C=O) groups excluding carboxylic acids is 2. The summed E-state index contributed by atoms with van der Waals surface area (Å²) in [5.74, 6) is -1.39. The number of halogens is 2. The number of amidine groups is 1. The van der Waals surface area contributed by atoms with E-state index < -0.39 is 11.2 Å². The van der Waals surface area contributed by atoms with Gasteiger partial charge in [0, 0.05) is 18.5 Å². The molecular formula is C28H24F2N4O2S. The Morgan fingerprint density at radius 3 is 2.35 bits per heavy atom. The van der Waals surface area contributed by atoms with Crippen molar-refractivity contribution in [2.24, 2.45) is 10.1 Å². The van der Waals surface area contributed by atoms with Gasteiger partial charge in [-0.25, -0.2) is 13.8 Å². The van der Waals surface area contributed by atoms with Gasteiger partial charge in [0.2, 0.25) is 5.91 Å². The number of hydrogen-bond acceptors (Lipinski definition) is 5. The SMILES string of the molecule is Cc1ccc(NC(=O)CC2SC(N3N=C(c4ccc(F)cc4)CC3c3ccc(F)cc3)=NC2=O)cc1C. The lowest BCUT2D eigenvalue weighted by molar-refractivity contribution is -0.121. The van der Waals surface area contributed by atoms with Gasteiger partial charge in [-0.1, -0.05) is 42.1 Å². The molecule has 9 heteroatoms. The Balaban J connectivity index is 1.34. The number of benzene rings is 3. The lowest BCUT2D eigenvalue weighted by Gasteiger charge is -2.23. The van der Waals surface area contributed by atoms with E-state index in [1.165, 1.54) is 36.0 Å². The molecule has 0 saturated carbocycles. The Kier molecular flexibility index (Phi) is 6.88. The van der Waals surface area contributed by atoms with Crippen LogP contribution in [0.5, 0.6) is 0 Å². The van der Waals surface area contributed by atoms with Gasteiger partial charge in [-0.15, -0.1) is 0 Å². The van der Waals surface area contributed by atoms with E-state index in [1.54, 1.807) is 29.3 Å². The molecule has 0 radical (unpaired) electrons. The van der Waals surface area contributed by atoms with Crippen LogP contribution in [-0.2, 0) is 9.59 Å². The van der Waals surface area contributed by atoms with Crippen LogP contribution in [0.1, 0.15) is 41.1 Å². The minimum Gasteiger partial charge on any atom is -0.326 e. The molecule has 0 aliphatic carbocycles. The molecule has 2 heterocycles. The van der Waals surface area contributed by atoms with Crippen LogP contribution in [0.25, 0.3) is 0 Å². The van der Waals surface area contributed by atoms with Gasteiger partial charge >= 0.3 is 0 Å². The minimum absolute atomic E-state index is 0.0347. The monoisotopic (exact) mass is 518 g/mol. The third kappa shape index (κ3) is 5.46. The summed E-state index contributed by atoms with van der Waals surface area (Å²) in [5, 5.41) is 8.91. The maximum atomic E-state index is 13.6. The highest BCUT2D eigenvalue weighted by atomic mass is 32.2. The molecule has 2 aliphatic heterocycles. The first-order chi connectivity index (χ1) is 17.8. The van der Waals surface area contributed by atoms with Crippen molar-refractivity contribution in [2.75, 3.05) is 5.32 Å². The predicted molar refractivity (Wildman–Crippen MR) is 142 cm³/mol. The van der Waals surface area contributed by atoms with Crippen LogP contribution < -0.4 is 5.32 Å². The Bertz CT molecular complexity index is 1420. The van der Waals surface area contributed by atoms with Crippen molar-refractivity contribution in [3.63, 3.8) is 0 Å². The largest absolute Gasteiger partial charge is 0.326 e. The lowest BCUT2D eigenvalue weighted by atomic mass is 9.98. The molecule has 2 aliphatic rings. The molecule has 2 unspecified atom stereocenters. The first kappa shape index (κ1) is 24.8. The summed E-state index contributed by atoms with van der Waals surface area (Å²) in [6.07, 6.45) is 0.427. The van der Waals surface area contributed by atoms with Gasteiger partial charge in [-0.05, 0) is 72.5 Å². The van der Waals surface area contributed by atoms with Gasteiger partial charge < -0.3 is 5.32 Å². The van der Waals surface area contributed by atoms with Crippen molar-refractivity contribution < 1.29 is 18.4 Å². The Labute approximate surface area is 217 Å². The van der Waals surface area contributed by atoms with Crippen molar-refractivity contribution in [1.29, 1.82) is 0 Å². The number of hydrogen-bond donors (Lipinski definition) is 1. The second kappa shape index (κ2) is 10.3. The Morgan fingerprint density at radius 2 is 1.68 bits per heavy atom. The number of nitrogens with one attached hydrogen (secondary N) is 1. The summed E-state index contributed by atoms with van der Waals surface area (Å²) in [7, 11) is 0. The van der Waals surface area contributed by atoms with Crippen molar-refractivity contribution in [1.82, 2.24) is 5.01 Å². The van der Waals surface area contributed by atoms with Gasteiger partial charge in [0.1, 0.15) is 16.9 Å². The van der Waals surface area contributed by atoms with E-state index in [1.807, 2.05) is 32.0 Å². The van der Waals surface area contributed by atoms with Gasteiger partial charge in [0.05, 0.1) is 11.8 Å². The van der Waals surface area contributed by atoms with E-state index in [0.29, 0.717) is 23.0 Å². The number of amides is 2. The molecule has 37 heavy (non-hydrogen) atoms. The Hall–Kier alpha value is -3.85. The van der Waals surface area contributed by atoms with E-state index in [4.69, 9.17) is 5.10 Å². The predicted octanol–water partition coefficient (Wildman–Crippen LogP) is 5.76. The maximum Gasteiger partial charge on any atom is 0.262 e. The number of rotatable bonds is 5. The van der Waals surface area contributed by atoms with Gasteiger partial charge in [-0.2, -0.15) is 10.1 Å². The summed E-state index contributed by atoms with van der Waals surface area (Å²) in [6, 6.07) is 17.4. The normalized spacial score (nSPS) is 19.1. The van der Waals surface area contributed by atoms with Crippen LogP contribution in [0.4, 0.5) is 14.5 Å². The third-order valence-corrected chi connectivity index (χ3v) is 7.57. The van der Waals surface area contributed by atoms with Crippen LogP contribution in [0, 0.1) is 25.5 Å². The summed E-state index contributed by atoms with van der Waals surface area (Å²) in [4.78, 5) is 29.7. The van der Waals surface area contributed by atoms with Gasteiger partial charge in [-0.3, -0.25) is 9.59 Å². The fourth-order valence-corrected chi connectivity index (χ4v) is 5.31. The topological polar surface area (TPSA) is 74.1 Å². The highest BCUT2D eigenvalue weighted by molar-refractivity contribution is 8.15. The smallest absolute Gasteiger partial charge is 0.262 e. The molecule has 0 spiro atoms. The van der Waals surface area contributed by atoms with Crippen LogP contribution in [0.15, 0.2) is 76.8 Å². The lowest BCUT2D eigenvalue weighted by Crippen LogP contribution is -2.25. The fraction of sp³-hybridized carbons (Fsp3) is 0.214. The summed E-state index contributed by atoms with van der Waals surface area (Å²) in [6.45, 7) is 3.96. The average Bonchev–Trinajstić information content (AvgIpc) is 3.46. The standard InChI is InChI=1S/C28H24F2N4O2S/c1-16-3-12-22(13-17(16)2)31-26(35)15-25-27(36)32-28(37-25)34-24(19-6-10-21(30)11-7-19)14-23(33-34)18-4-8-20(29)9-5-18/h3-13,24-25H,14-15H2,1-2H3,(H,31,35). The highest BCUT2D eigenvalue weighted by Crippen LogP contribution is 2.38. The number of nitrogens with zero attached hydrogens (tertiary/aromatic N) is 3. The molecule has 0 aromatic heterocycles. The molecule has 0 saturated heterocycles. The second-order valence-electron chi connectivity index (χ2n) is 9.06. The molecular weight excluding hydrogens is 494 g/mol. The number of aryl methyl sites for hydroxylation is 2. The van der Waals surface area contributed by atoms with E-state index >= 15 is 0 Å². The van der Waals surface area contributed by atoms with Crippen molar-refractivity contribution in [2.45, 2.75) is 38.0 Å². The first-order valence-electron chi connectivity index (χ1n) is 11.8. The van der Waals surface area contributed by atoms with Gasteiger partial charge in [0.15, 0.2) is 5.17 Å². The second-order valence-corrected chi connectivity index (χ2v) is 10.2. The zero-order chi connectivity index (χ0) is 26.1. The number of thioether (sulfide) groups is 1. The van der Waals surface area contributed by atoms with Crippen LogP contribution >= 0.6 is 11.8 Å². The first-order valence-corrected chi connectivity index (χ1v) is 12.7. The molecule has 3 aromatic rings. The van der Waals surface area contributed by atoms with E-state index in [9.17, 15) is 18.4 Å². The average molecular weight is 519 g/mol. The van der Waals surface area contributed by atoms with Crippen molar-refractivity contribution >= 4 is 40.1 Å². The van der Waals surface area contributed by atoms with E-state index in [-0.39, 0.29) is 30.0 Å². The molecule has 0 bridgehead atoms. The maximum absolute atomic E-state index is 13.6. The van der Waals surface area contributed by atoms with Crippen LogP contribution in [-0.4, -0.2) is 33.0 Å². The zero-order valence-electron chi connectivity index (χ0n) is 20.2. The molecule has 0 fully saturated rings. The number of aliphatic imine (C=N–C) groups is 1. The number of anilines is 1. The highest BCUT2D eigenvalue weighted by Gasteiger charge is 2.39. The quantitative estimate of drug-likeness (QED) is 0.466. The van der Waals surface area contributed by atoms with Crippen LogP contribution in [0.3, 0.4) is 0 Å². The molecule has 2 amide bonds. The fourth-order valence-electron chi connectivity index (χ4n) is 4.25. The van der Waals surface area contributed by atoms with Gasteiger partial charge in [0.25, 0.3) is 5.91 Å². The molecule has 5 rings (SSSR count). The third-order valence-electron chi connectivity index (χ3n) is 6.43. The van der Waals surface area contributed by atoms with E-state index in [0.717, 1.165) is 22.3 Å². The number of hydrazone groups is 1. The van der Waals surface area contributed by atoms with Crippen LogP contribution in [0.2, 0.25) is 0 Å². The molecule has 3 aromatic carbocycles. The van der Waals surface area contributed by atoms with Crippen molar-refractivity contribution in [3.8, 4) is 0 Å². The molecule has 6 nitrogen and oxygen atoms in total. The Morgan fingerprint density at radius 1 is 1.00 bits per heavy atom. The van der Waals surface area contributed by atoms with Crippen molar-refractivity contribution in [3.05, 3.63) is 101 Å². The molecule has 1 N–H and O–H groups in total.